The Morgan fingerprint density at radius 3 is 2.24 bits per heavy atom. The van der Waals surface area contributed by atoms with Gasteiger partial charge in [0.25, 0.3) is 0 Å². The van der Waals surface area contributed by atoms with E-state index in [2.05, 4.69) is 42.0 Å². The topological polar surface area (TPSA) is 21.3 Å². The van der Waals surface area contributed by atoms with Crippen molar-refractivity contribution in [3.63, 3.8) is 0 Å². The van der Waals surface area contributed by atoms with Crippen molar-refractivity contribution in [1.82, 2.24) is 5.32 Å². The normalized spacial score (nSPS) is 11.5. The molecule has 0 aliphatic carbocycles. The summed E-state index contributed by atoms with van der Waals surface area (Å²) in [6, 6.07) is 11.8. The van der Waals surface area contributed by atoms with Crippen LogP contribution in [-0.2, 0) is 6.54 Å². The molecule has 0 saturated carbocycles. The lowest BCUT2D eigenvalue weighted by Gasteiger charge is -2.21. The first-order valence-corrected chi connectivity index (χ1v) is 7.60. The summed E-state index contributed by atoms with van der Waals surface area (Å²) >= 11 is 3.56. The largest absolute Gasteiger partial charge is 0.457 e. The summed E-state index contributed by atoms with van der Waals surface area (Å²) < 4.78 is 19.5. The Labute approximate surface area is 133 Å². The average Bonchev–Trinajstić information content (AvgIpc) is 2.39. The SMILES string of the molecule is CC(C)(C)NCc1ccc(Oc2ccc(F)cc2)cc1Br. The zero-order valence-corrected chi connectivity index (χ0v) is 14.0. The molecule has 0 atom stereocenters. The predicted molar refractivity (Wildman–Crippen MR) is 87.2 cm³/mol. The van der Waals surface area contributed by atoms with Crippen LogP contribution in [0.4, 0.5) is 4.39 Å². The highest BCUT2D eigenvalue weighted by atomic mass is 79.9. The predicted octanol–water partition coefficient (Wildman–Crippen LogP) is 5.27. The molecule has 0 unspecified atom stereocenters. The van der Waals surface area contributed by atoms with Gasteiger partial charge in [0.15, 0.2) is 0 Å². The number of nitrogens with one attached hydrogen (secondary N) is 1. The maximum absolute atomic E-state index is 12.9. The van der Waals surface area contributed by atoms with E-state index in [-0.39, 0.29) is 11.4 Å². The molecule has 0 aliphatic rings. The van der Waals surface area contributed by atoms with E-state index in [9.17, 15) is 4.39 Å². The molecule has 1 N–H and O–H groups in total. The summed E-state index contributed by atoms with van der Waals surface area (Å²) in [6.45, 7) is 7.17. The molecule has 2 aromatic carbocycles. The molecule has 0 aliphatic heterocycles. The average molecular weight is 352 g/mol. The molecule has 21 heavy (non-hydrogen) atoms. The summed E-state index contributed by atoms with van der Waals surface area (Å²) in [5, 5.41) is 3.44. The number of hydrogen-bond acceptors (Lipinski definition) is 2. The fourth-order valence-corrected chi connectivity index (χ4v) is 2.23. The maximum atomic E-state index is 12.9. The Morgan fingerprint density at radius 1 is 1.05 bits per heavy atom. The van der Waals surface area contributed by atoms with E-state index in [1.165, 1.54) is 12.1 Å². The molecule has 0 bridgehead atoms. The van der Waals surface area contributed by atoms with Gasteiger partial charge in [-0.15, -0.1) is 0 Å². The Balaban J connectivity index is 2.06. The Bertz CT molecular complexity index is 605. The lowest BCUT2D eigenvalue weighted by Crippen LogP contribution is -2.35. The second kappa shape index (κ2) is 6.58. The van der Waals surface area contributed by atoms with Crippen LogP contribution in [0.3, 0.4) is 0 Å². The highest BCUT2D eigenvalue weighted by molar-refractivity contribution is 9.10. The summed E-state index contributed by atoms with van der Waals surface area (Å²) in [7, 11) is 0. The second-order valence-electron chi connectivity index (χ2n) is 5.91. The van der Waals surface area contributed by atoms with E-state index >= 15 is 0 Å². The molecule has 0 aromatic heterocycles. The first kappa shape index (κ1) is 16.0. The van der Waals surface area contributed by atoms with E-state index in [0.717, 1.165) is 16.6 Å². The van der Waals surface area contributed by atoms with Gasteiger partial charge in [-0.1, -0.05) is 22.0 Å². The molecular weight excluding hydrogens is 333 g/mol. The molecule has 112 valence electrons. The third-order valence-corrected chi connectivity index (χ3v) is 3.62. The van der Waals surface area contributed by atoms with Gasteiger partial charge in [0, 0.05) is 16.6 Å². The molecule has 0 heterocycles. The van der Waals surface area contributed by atoms with Crippen LogP contribution in [0.5, 0.6) is 11.5 Å². The van der Waals surface area contributed by atoms with Gasteiger partial charge in [-0.25, -0.2) is 4.39 Å². The first-order chi connectivity index (χ1) is 9.83. The van der Waals surface area contributed by atoms with Gasteiger partial charge < -0.3 is 10.1 Å². The quantitative estimate of drug-likeness (QED) is 0.810. The first-order valence-electron chi connectivity index (χ1n) is 6.80. The van der Waals surface area contributed by atoms with E-state index in [4.69, 9.17) is 4.74 Å². The summed E-state index contributed by atoms with van der Waals surface area (Å²) in [5.74, 6) is 1.06. The molecule has 0 spiro atoms. The standard InChI is InChI=1S/C17H19BrFNO/c1-17(2,3)20-11-12-4-7-15(10-16(12)18)21-14-8-5-13(19)6-9-14/h4-10,20H,11H2,1-3H3. The van der Waals surface area contributed by atoms with E-state index in [0.29, 0.717) is 11.5 Å². The number of ether oxygens (including phenoxy) is 1. The summed E-state index contributed by atoms with van der Waals surface area (Å²) in [6.07, 6.45) is 0. The van der Waals surface area contributed by atoms with Crippen LogP contribution in [0.25, 0.3) is 0 Å². The van der Waals surface area contributed by atoms with Gasteiger partial charge >= 0.3 is 0 Å². The molecule has 0 fully saturated rings. The molecule has 2 aromatic rings. The number of rotatable bonds is 4. The van der Waals surface area contributed by atoms with Crippen molar-refractivity contribution in [2.45, 2.75) is 32.9 Å². The van der Waals surface area contributed by atoms with Crippen molar-refractivity contribution in [3.8, 4) is 11.5 Å². The van der Waals surface area contributed by atoms with Gasteiger partial charge in [0.1, 0.15) is 17.3 Å². The van der Waals surface area contributed by atoms with Crippen molar-refractivity contribution in [2.24, 2.45) is 0 Å². The number of halogens is 2. The maximum Gasteiger partial charge on any atom is 0.128 e. The van der Waals surface area contributed by atoms with Crippen molar-refractivity contribution < 1.29 is 9.13 Å². The zero-order valence-electron chi connectivity index (χ0n) is 12.4. The lowest BCUT2D eigenvalue weighted by molar-refractivity contribution is 0.423. The Morgan fingerprint density at radius 2 is 1.67 bits per heavy atom. The van der Waals surface area contributed by atoms with Crippen LogP contribution < -0.4 is 10.1 Å². The van der Waals surface area contributed by atoms with Crippen LogP contribution in [-0.4, -0.2) is 5.54 Å². The minimum atomic E-state index is -0.271. The molecule has 2 nitrogen and oxygen atoms in total. The number of hydrogen-bond donors (Lipinski definition) is 1. The van der Waals surface area contributed by atoms with Crippen LogP contribution in [0, 0.1) is 5.82 Å². The van der Waals surface area contributed by atoms with Gasteiger partial charge in [0.2, 0.25) is 0 Å². The lowest BCUT2D eigenvalue weighted by atomic mass is 10.1. The van der Waals surface area contributed by atoms with Gasteiger partial charge in [-0.2, -0.15) is 0 Å². The fourth-order valence-electron chi connectivity index (χ4n) is 1.73. The fraction of sp³-hybridized carbons (Fsp3) is 0.294. The molecule has 2 rings (SSSR count). The highest BCUT2D eigenvalue weighted by Crippen LogP contribution is 2.27. The second-order valence-corrected chi connectivity index (χ2v) is 6.77. The van der Waals surface area contributed by atoms with Crippen molar-refractivity contribution in [3.05, 3.63) is 58.3 Å². The van der Waals surface area contributed by atoms with Gasteiger partial charge in [-0.3, -0.25) is 0 Å². The summed E-state index contributed by atoms with van der Waals surface area (Å²) in [5.41, 5.74) is 1.24. The molecular formula is C17H19BrFNO. The Hall–Kier alpha value is -1.39. The highest BCUT2D eigenvalue weighted by Gasteiger charge is 2.10. The van der Waals surface area contributed by atoms with Gasteiger partial charge in [0.05, 0.1) is 0 Å². The van der Waals surface area contributed by atoms with Crippen LogP contribution >= 0.6 is 15.9 Å². The van der Waals surface area contributed by atoms with Crippen LogP contribution in [0.2, 0.25) is 0 Å². The third-order valence-electron chi connectivity index (χ3n) is 2.88. The monoisotopic (exact) mass is 351 g/mol. The van der Waals surface area contributed by atoms with Crippen molar-refractivity contribution >= 4 is 15.9 Å². The molecule has 0 amide bonds. The Kier molecular flexibility index (Phi) is 5.01. The smallest absolute Gasteiger partial charge is 0.128 e. The zero-order chi connectivity index (χ0) is 15.5. The third kappa shape index (κ3) is 5.14. The van der Waals surface area contributed by atoms with Crippen LogP contribution in [0.15, 0.2) is 46.9 Å². The van der Waals surface area contributed by atoms with E-state index in [1.54, 1.807) is 12.1 Å². The number of benzene rings is 2. The van der Waals surface area contributed by atoms with E-state index in [1.807, 2.05) is 18.2 Å². The van der Waals surface area contributed by atoms with E-state index < -0.39 is 0 Å². The minimum absolute atomic E-state index is 0.0721. The van der Waals surface area contributed by atoms with Gasteiger partial charge in [-0.05, 0) is 62.7 Å². The molecule has 4 heteroatoms. The molecule has 0 radical (unpaired) electrons. The van der Waals surface area contributed by atoms with Crippen LogP contribution in [0.1, 0.15) is 26.3 Å². The van der Waals surface area contributed by atoms with Crippen molar-refractivity contribution in [1.29, 1.82) is 0 Å². The molecule has 0 saturated heterocycles. The van der Waals surface area contributed by atoms with Crippen molar-refractivity contribution in [2.75, 3.05) is 0 Å². The summed E-state index contributed by atoms with van der Waals surface area (Å²) in [4.78, 5) is 0. The minimum Gasteiger partial charge on any atom is -0.457 e.